The summed E-state index contributed by atoms with van der Waals surface area (Å²) >= 11 is 2.59. The fourth-order valence-corrected chi connectivity index (χ4v) is 10.5. The van der Waals surface area contributed by atoms with Crippen LogP contribution in [0.3, 0.4) is 0 Å². The van der Waals surface area contributed by atoms with E-state index in [2.05, 4.69) is 58.5 Å². The first-order chi connectivity index (χ1) is 47.8. The zero-order valence-corrected chi connectivity index (χ0v) is 59.1. The number of aliphatic hydroxyl groups excluding tert-OH is 1. The quantitative estimate of drug-likeness (QED) is 0.0279. The number of carbonyl (C=O) groups excluding carboxylic acids is 11. The summed E-state index contributed by atoms with van der Waals surface area (Å²) < 4.78 is 0. The van der Waals surface area contributed by atoms with Crippen LogP contribution in [0.15, 0.2) is 30.3 Å². The van der Waals surface area contributed by atoms with Crippen LogP contribution in [0.5, 0.6) is 0 Å². The molecule has 0 fully saturated rings. The van der Waals surface area contributed by atoms with Crippen molar-refractivity contribution >= 4 is 118 Å². The maximum absolute atomic E-state index is 14.7. The van der Waals surface area contributed by atoms with Gasteiger partial charge in [0.25, 0.3) is 0 Å². The highest BCUT2D eigenvalue weighted by molar-refractivity contribution is 7.98. The van der Waals surface area contributed by atoms with Gasteiger partial charge in [0, 0.05) is 32.1 Å². The summed E-state index contributed by atoms with van der Waals surface area (Å²) in [7, 11) is 0. The summed E-state index contributed by atoms with van der Waals surface area (Å²) in [5, 5.41) is 84.8. The Balaban J connectivity index is 3.65. The summed E-state index contributed by atoms with van der Waals surface area (Å²) in [6, 6.07) is -10.7. The number of nitrogens with two attached hydrogens (primary N) is 3. The topological polar surface area (TPSA) is 605 Å². The molecule has 1 aromatic rings. The molecule has 0 aliphatic rings. The van der Waals surface area contributed by atoms with E-state index in [4.69, 9.17) is 22.3 Å². The Morgan fingerprint density at radius 3 is 1.14 bits per heavy atom. The van der Waals surface area contributed by atoms with Crippen molar-refractivity contribution in [3.05, 3.63) is 35.9 Å². The Bertz CT molecular complexity index is 2920. The van der Waals surface area contributed by atoms with Crippen molar-refractivity contribution in [1.29, 1.82) is 0 Å². The highest BCUT2D eigenvalue weighted by Gasteiger charge is 2.38. The van der Waals surface area contributed by atoms with Crippen molar-refractivity contribution in [2.75, 3.05) is 43.7 Å². The number of carboxylic acids is 5. The third-order valence-corrected chi connectivity index (χ3v) is 17.0. The first-order valence-electron chi connectivity index (χ1n) is 33.0. The maximum atomic E-state index is 14.7. The van der Waals surface area contributed by atoms with Gasteiger partial charge in [-0.3, -0.25) is 71.9 Å². The first-order valence-corrected chi connectivity index (χ1v) is 35.8. The van der Waals surface area contributed by atoms with E-state index in [-0.39, 0.29) is 70.2 Å². The minimum Gasteiger partial charge on any atom is -0.481 e. The van der Waals surface area contributed by atoms with Crippen LogP contribution in [0.2, 0.25) is 0 Å². The minimum atomic E-state index is -1.77. The number of carboxylic acid groups (broad SMARTS) is 5. The molecule has 1 rings (SSSR count). The van der Waals surface area contributed by atoms with Gasteiger partial charge in [-0.15, -0.1) is 0 Å². The lowest BCUT2D eigenvalue weighted by Crippen LogP contribution is -2.61. The molecule has 0 bridgehead atoms. The third kappa shape index (κ3) is 36.5. The second-order valence-corrected chi connectivity index (χ2v) is 25.8. The molecule has 0 aliphatic heterocycles. The maximum Gasteiger partial charge on any atom is 0.326 e. The van der Waals surface area contributed by atoms with Gasteiger partial charge in [0.2, 0.25) is 65.0 Å². The zero-order chi connectivity index (χ0) is 76.3. The molecule has 0 heterocycles. The summed E-state index contributed by atoms with van der Waals surface area (Å²) in [5.41, 5.74) is 17.5. The number of nitrogens with one attached hydrogen (secondary N) is 11. The molecular formula is C63H102N14O22S2. The number of aliphatic carboxylic acids is 5. The lowest BCUT2D eigenvalue weighted by atomic mass is 9.96. The molecule has 13 atom stereocenters. The Kier molecular flexibility index (Phi) is 44.5. The molecule has 0 unspecified atom stereocenters. The average molecular weight is 1470 g/mol. The van der Waals surface area contributed by atoms with Crippen molar-refractivity contribution in [3.8, 4) is 0 Å². The molecule has 23 N–H and O–H groups in total. The molecule has 0 saturated carbocycles. The molecule has 11 amide bonds. The molecule has 0 aromatic heterocycles. The Labute approximate surface area is 593 Å². The standard InChI is InChI=1S/C63H102N14O22S2/c1-6-34(2)51(62(97)73-39(19-23-48(81)82)54(89)67-35(3)52(87)68-40(20-24-49(83)84)56(91)72-43(27-31-101-5)58(93)74-44(63(98)99)17-11-13-29-65)77-60(95)45(32-36-14-8-7-9-15-36)75-57(92)41(21-25-50(85)86)71-55(90)38(16-10-12-28-64)70-61(96)46(33-78)76-59(94)42(26-30-100-4)69-53(88)37(66)18-22-47(79)80/h7-9,14-15,34-35,37-46,51,78H,6,10-13,16-33,64-66H2,1-5H3,(H,67,89)(H,68,87)(H,69,88)(H,70,96)(H,71,90)(H,72,91)(H,73,97)(H,74,93)(H,75,92)(H,76,94)(H,77,95)(H,79,80)(H,81,82)(H,83,84)(H,85,86)(H,98,99)/t34-,35-,37-,38-,39-,40-,41-,42-,43-,44-,45-,46-,51-/m0/s1. The van der Waals surface area contributed by atoms with E-state index < -0.39 is 225 Å². The van der Waals surface area contributed by atoms with Crippen molar-refractivity contribution in [2.24, 2.45) is 23.1 Å². The molecular weight excluding hydrogens is 1370 g/mol. The Morgan fingerprint density at radius 1 is 0.396 bits per heavy atom. The molecule has 101 heavy (non-hydrogen) atoms. The molecule has 36 nitrogen and oxygen atoms in total. The number of carbonyl (C=O) groups is 16. The van der Waals surface area contributed by atoms with Gasteiger partial charge in [-0.05, 0) is 133 Å². The van der Waals surface area contributed by atoms with Gasteiger partial charge in [-0.25, -0.2) is 4.79 Å². The van der Waals surface area contributed by atoms with Gasteiger partial charge >= 0.3 is 29.8 Å². The van der Waals surface area contributed by atoms with Gasteiger partial charge in [-0.2, -0.15) is 23.5 Å². The highest BCUT2D eigenvalue weighted by Crippen LogP contribution is 2.15. The fraction of sp³-hybridized carbons (Fsp3) is 0.651. The van der Waals surface area contributed by atoms with E-state index >= 15 is 0 Å². The van der Waals surface area contributed by atoms with Crippen molar-refractivity contribution in [3.63, 3.8) is 0 Å². The second kappa shape index (κ2) is 49.8. The Morgan fingerprint density at radius 2 is 0.733 bits per heavy atom. The monoisotopic (exact) mass is 1470 g/mol. The summed E-state index contributed by atoms with van der Waals surface area (Å²) in [6.07, 6.45) is -0.241. The normalized spacial score (nSPS) is 14.9. The van der Waals surface area contributed by atoms with Crippen LogP contribution < -0.4 is 75.7 Å². The Hall–Kier alpha value is -8.72. The molecule has 568 valence electrons. The van der Waals surface area contributed by atoms with Crippen molar-refractivity contribution < 1.29 is 107 Å². The molecule has 0 radical (unpaired) electrons. The number of rotatable bonds is 54. The second-order valence-electron chi connectivity index (χ2n) is 23.8. The van der Waals surface area contributed by atoms with Gasteiger partial charge in [0.1, 0.15) is 66.5 Å². The third-order valence-electron chi connectivity index (χ3n) is 15.8. The van der Waals surface area contributed by atoms with Crippen LogP contribution >= 0.6 is 23.5 Å². The van der Waals surface area contributed by atoms with Crippen LogP contribution in [0.4, 0.5) is 0 Å². The molecule has 0 spiro atoms. The zero-order valence-electron chi connectivity index (χ0n) is 57.4. The minimum absolute atomic E-state index is 0.000813. The number of aliphatic hydroxyl groups is 1. The predicted molar refractivity (Wildman–Crippen MR) is 368 cm³/mol. The van der Waals surface area contributed by atoms with Gasteiger partial charge in [-0.1, -0.05) is 50.6 Å². The van der Waals surface area contributed by atoms with E-state index in [9.17, 15) is 102 Å². The van der Waals surface area contributed by atoms with E-state index in [0.29, 0.717) is 30.6 Å². The fourth-order valence-electron chi connectivity index (χ4n) is 9.60. The molecule has 38 heteroatoms. The van der Waals surface area contributed by atoms with E-state index in [0.717, 1.165) is 6.92 Å². The van der Waals surface area contributed by atoms with Crippen LogP contribution in [0, 0.1) is 5.92 Å². The number of hydrogen-bond donors (Lipinski definition) is 20. The lowest BCUT2D eigenvalue weighted by molar-refractivity contribution is -0.142. The van der Waals surface area contributed by atoms with E-state index in [1.807, 2.05) is 0 Å². The van der Waals surface area contributed by atoms with Crippen LogP contribution in [0.25, 0.3) is 0 Å². The first kappa shape index (κ1) is 90.3. The smallest absolute Gasteiger partial charge is 0.326 e. The van der Waals surface area contributed by atoms with E-state index in [1.54, 1.807) is 49.8 Å². The van der Waals surface area contributed by atoms with Crippen LogP contribution in [-0.2, 0) is 83.1 Å². The van der Waals surface area contributed by atoms with Gasteiger partial charge in [0.05, 0.1) is 12.6 Å². The lowest BCUT2D eigenvalue weighted by Gasteiger charge is -2.29. The summed E-state index contributed by atoms with van der Waals surface area (Å²) in [4.78, 5) is 212. The number of unbranched alkanes of at least 4 members (excludes halogenated alkanes) is 2. The average Bonchev–Trinajstić information content (AvgIpc) is 0.852. The van der Waals surface area contributed by atoms with Gasteiger partial charge in [0.15, 0.2) is 0 Å². The number of hydrogen-bond acceptors (Lipinski definition) is 22. The SMILES string of the molecule is CC[C@H](C)[C@H](NC(=O)[C@H](Cc1ccccc1)NC(=O)[C@H](CCC(=O)O)NC(=O)[C@H](CCCCN)NC(=O)[C@H](CO)NC(=O)[C@H](CCSC)NC(=O)[C@@H](N)CCC(=O)O)C(=O)N[C@@H](CCC(=O)O)C(=O)N[C@@H](C)C(=O)N[C@@H](CCC(=O)O)C(=O)N[C@@H](CCSC)C(=O)N[C@@H](CCCCN)C(=O)O. The van der Waals surface area contributed by atoms with Crippen LogP contribution in [-0.4, -0.2) is 242 Å². The number of thioether (sulfide) groups is 2. The molecule has 0 aliphatic carbocycles. The molecule has 0 saturated heterocycles. The largest absolute Gasteiger partial charge is 0.481 e. The van der Waals surface area contributed by atoms with Crippen LogP contribution in [0.1, 0.15) is 135 Å². The summed E-state index contributed by atoms with van der Waals surface area (Å²) in [6.45, 7) is 3.67. The van der Waals surface area contributed by atoms with Crippen molar-refractivity contribution in [1.82, 2.24) is 58.5 Å². The predicted octanol–water partition coefficient (Wildman–Crippen LogP) is -3.74. The number of amides is 11. The number of benzene rings is 1. The van der Waals surface area contributed by atoms with Gasteiger partial charge < -0.3 is 106 Å². The summed E-state index contributed by atoms with van der Waals surface area (Å²) in [5.74, 6) is -18.4. The van der Waals surface area contributed by atoms with E-state index in [1.165, 1.54) is 30.4 Å². The highest BCUT2D eigenvalue weighted by atomic mass is 32.2. The van der Waals surface area contributed by atoms with Crippen molar-refractivity contribution in [2.45, 2.75) is 209 Å². The molecule has 1 aromatic carbocycles.